The van der Waals surface area contributed by atoms with Crippen molar-refractivity contribution in [3.8, 4) is 0 Å². The van der Waals surface area contributed by atoms with Gasteiger partial charge in [0, 0.05) is 6.54 Å². The van der Waals surface area contributed by atoms with E-state index >= 15 is 0 Å². The van der Waals surface area contributed by atoms with Crippen molar-refractivity contribution < 1.29 is 9.52 Å². The molecule has 1 aromatic heterocycles. The molecular formula is C12H21NO2. The largest absolute Gasteiger partial charge is 0.468 e. The van der Waals surface area contributed by atoms with Crippen LogP contribution < -0.4 is 0 Å². The van der Waals surface area contributed by atoms with E-state index in [1.165, 1.54) is 0 Å². The van der Waals surface area contributed by atoms with Crippen molar-refractivity contribution in [2.75, 3.05) is 13.6 Å². The molecule has 1 N–H and O–H groups in total. The van der Waals surface area contributed by atoms with Gasteiger partial charge in [0.25, 0.3) is 0 Å². The summed E-state index contributed by atoms with van der Waals surface area (Å²) in [5.74, 6) is 1.17. The highest BCUT2D eigenvalue weighted by Gasteiger charge is 2.26. The number of rotatable bonds is 5. The Kier molecular flexibility index (Phi) is 3.94. The summed E-state index contributed by atoms with van der Waals surface area (Å²) in [5.41, 5.74) is -0.651. The van der Waals surface area contributed by atoms with Crippen LogP contribution in [0.5, 0.6) is 0 Å². The molecular weight excluding hydrogens is 190 g/mol. The fraction of sp³-hybridized carbons (Fsp3) is 0.667. The molecule has 0 bridgehead atoms. The van der Waals surface area contributed by atoms with Crippen LogP contribution in [0.2, 0.25) is 0 Å². The Balaban J connectivity index is 2.45. The Bertz CT molecular complexity index is 278. The van der Waals surface area contributed by atoms with Gasteiger partial charge in [-0.3, -0.25) is 4.90 Å². The van der Waals surface area contributed by atoms with Crippen molar-refractivity contribution in [3.05, 3.63) is 24.2 Å². The van der Waals surface area contributed by atoms with E-state index in [1.54, 1.807) is 6.26 Å². The molecule has 3 heteroatoms. The molecule has 0 spiro atoms. The lowest BCUT2D eigenvalue weighted by molar-refractivity contribution is -0.0157. The van der Waals surface area contributed by atoms with Crippen LogP contribution in [-0.2, 0) is 6.54 Å². The molecule has 86 valence electrons. The summed E-state index contributed by atoms with van der Waals surface area (Å²) in [6.07, 6.45) is 1.67. The third-order valence-electron chi connectivity index (χ3n) is 2.84. The first kappa shape index (κ1) is 12.3. The van der Waals surface area contributed by atoms with Crippen molar-refractivity contribution in [1.82, 2.24) is 4.90 Å². The second-order valence-corrected chi connectivity index (χ2v) is 4.76. The number of furan rings is 1. The molecule has 3 nitrogen and oxygen atoms in total. The van der Waals surface area contributed by atoms with Crippen LogP contribution in [0.1, 0.15) is 26.5 Å². The fourth-order valence-electron chi connectivity index (χ4n) is 1.45. The molecule has 1 atom stereocenters. The Morgan fingerprint density at radius 1 is 1.53 bits per heavy atom. The van der Waals surface area contributed by atoms with Gasteiger partial charge in [-0.15, -0.1) is 0 Å². The van der Waals surface area contributed by atoms with Crippen LogP contribution >= 0.6 is 0 Å². The van der Waals surface area contributed by atoms with Gasteiger partial charge in [-0.05, 0) is 32.0 Å². The van der Waals surface area contributed by atoms with E-state index in [0.717, 1.165) is 12.3 Å². The average molecular weight is 211 g/mol. The lowest BCUT2D eigenvalue weighted by Crippen LogP contribution is -2.42. The minimum absolute atomic E-state index is 0.247. The van der Waals surface area contributed by atoms with E-state index in [2.05, 4.69) is 4.90 Å². The maximum absolute atomic E-state index is 10.1. The highest BCUT2D eigenvalue weighted by molar-refractivity contribution is 4.98. The highest BCUT2D eigenvalue weighted by Crippen LogP contribution is 2.18. The summed E-state index contributed by atoms with van der Waals surface area (Å²) in [4.78, 5) is 2.07. The van der Waals surface area contributed by atoms with Crippen LogP contribution in [0.3, 0.4) is 0 Å². The summed E-state index contributed by atoms with van der Waals surface area (Å²) in [7, 11) is 1.99. The van der Waals surface area contributed by atoms with Gasteiger partial charge in [-0.1, -0.05) is 13.8 Å². The van der Waals surface area contributed by atoms with Crippen molar-refractivity contribution in [1.29, 1.82) is 0 Å². The highest BCUT2D eigenvalue weighted by atomic mass is 16.3. The van der Waals surface area contributed by atoms with Gasteiger partial charge in [0.15, 0.2) is 0 Å². The van der Waals surface area contributed by atoms with E-state index in [-0.39, 0.29) is 5.92 Å². The first-order chi connectivity index (χ1) is 6.92. The molecule has 0 radical (unpaired) electrons. The Hall–Kier alpha value is -0.800. The summed E-state index contributed by atoms with van der Waals surface area (Å²) in [6.45, 7) is 7.30. The molecule has 0 amide bonds. The fourth-order valence-corrected chi connectivity index (χ4v) is 1.45. The molecule has 0 saturated carbocycles. The number of hydrogen-bond donors (Lipinski definition) is 1. The van der Waals surface area contributed by atoms with E-state index in [1.807, 2.05) is 40.0 Å². The molecule has 15 heavy (non-hydrogen) atoms. The molecule has 0 aliphatic carbocycles. The lowest BCUT2D eigenvalue weighted by Gasteiger charge is -2.32. The van der Waals surface area contributed by atoms with E-state index in [4.69, 9.17) is 4.42 Å². The van der Waals surface area contributed by atoms with Gasteiger partial charge in [-0.25, -0.2) is 0 Å². The monoisotopic (exact) mass is 211 g/mol. The maximum Gasteiger partial charge on any atom is 0.117 e. The SMILES string of the molecule is CC(C)C(C)(O)CN(C)Cc1ccco1. The third-order valence-corrected chi connectivity index (χ3v) is 2.84. The molecule has 0 aliphatic rings. The number of aliphatic hydroxyl groups is 1. The molecule has 1 unspecified atom stereocenters. The second-order valence-electron chi connectivity index (χ2n) is 4.76. The first-order valence-electron chi connectivity index (χ1n) is 5.35. The lowest BCUT2D eigenvalue weighted by atomic mass is 9.92. The molecule has 1 heterocycles. The standard InChI is InChI=1S/C12H21NO2/c1-10(2)12(3,14)9-13(4)8-11-6-5-7-15-11/h5-7,10,14H,8-9H2,1-4H3. The average Bonchev–Trinajstić information content (AvgIpc) is 2.54. The minimum atomic E-state index is -0.651. The van der Waals surface area contributed by atoms with E-state index in [0.29, 0.717) is 6.54 Å². The van der Waals surface area contributed by atoms with E-state index < -0.39 is 5.60 Å². The third kappa shape index (κ3) is 3.68. The van der Waals surface area contributed by atoms with Crippen LogP contribution in [0.4, 0.5) is 0 Å². The first-order valence-corrected chi connectivity index (χ1v) is 5.35. The maximum atomic E-state index is 10.1. The van der Waals surface area contributed by atoms with Crippen molar-refractivity contribution in [2.24, 2.45) is 5.92 Å². The molecule has 0 saturated heterocycles. The van der Waals surface area contributed by atoms with Gasteiger partial charge >= 0.3 is 0 Å². The van der Waals surface area contributed by atoms with Crippen LogP contribution in [-0.4, -0.2) is 29.2 Å². The summed E-state index contributed by atoms with van der Waals surface area (Å²) in [5, 5.41) is 10.1. The zero-order valence-electron chi connectivity index (χ0n) is 10.0. The van der Waals surface area contributed by atoms with Gasteiger partial charge in [0.05, 0.1) is 18.4 Å². The van der Waals surface area contributed by atoms with Crippen LogP contribution in [0.15, 0.2) is 22.8 Å². The summed E-state index contributed by atoms with van der Waals surface area (Å²) < 4.78 is 5.26. The molecule has 0 fully saturated rings. The topological polar surface area (TPSA) is 36.6 Å². The summed E-state index contributed by atoms with van der Waals surface area (Å²) in [6, 6.07) is 3.82. The predicted molar refractivity (Wildman–Crippen MR) is 60.5 cm³/mol. The smallest absolute Gasteiger partial charge is 0.117 e. The number of hydrogen-bond acceptors (Lipinski definition) is 3. The van der Waals surface area contributed by atoms with Gasteiger partial charge < -0.3 is 9.52 Å². The normalized spacial score (nSPS) is 15.9. The molecule has 0 aromatic carbocycles. The molecule has 1 aromatic rings. The summed E-state index contributed by atoms with van der Waals surface area (Å²) >= 11 is 0. The molecule has 1 rings (SSSR count). The Labute approximate surface area is 91.7 Å². The van der Waals surface area contributed by atoms with E-state index in [9.17, 15) is 5.11 Å². The van der Waals surface area contributed by atoms with Crippen molar-refractivity contribution in [3.63, 3.8) is 0 Å². The van der Waals surface area contributed by atoms with Crippen molar-refractivity contribution >= 4 is 0 Å². The number of nitrogens with zero attached hydrogens (tertiary/aromatic N) is 1. The van der Waals surface area contributed by atoms with Crippen molar-refractivity contribution in [2.45, 2.75) is 32.9 Å². The second kappa shape index (κ2) is 4.81. The zero-order chi connectivity index (χ0) is 11.5. The van der Waals surface area contributed by atoms with Gasteiger partial charge in [0.2, 0.25) is 0 Å². The predicted octanol–water partition coefficient (Wildman–Crippen LogP) is 2.12. The van der Waals surface area contributed by atoms with Crippen LogP contribution in [0.25, 0.3) is 0 Å². The number of likely N-dealkylation sites (N-methyl/N-ethyl adjacent to an activating group) is 1. The minimum Gasteiger partial charge on any atom is -0.468 e. The van der Waals surface area contributed by atoms with Crippen LogP contribution in [0, 0.1) is 5.92 Å². The quantitative estimate of drug-likeness (QED) is 0.810. The Morgan fingerprint density at radius 3 is 2.67 bits per heavy atom. The van der Waals surface area contributed by atoms with Gasteiger partial charge in [0.1, 0.15) is 5.76 Å². The zero-order valence-corrected chi connectivity index (χ0v) is 10.0. The molecule has 0 aliphatic heterocycles. The van der Waals surface area contributed by atoms with Gasteiger partial charge in [-0.2, -0.15) is 0 Å². The Morgan fingerprint density at radius 2 is 2.20 bits per heavy atom.